The number of benzene rings is 1. The predicted octanol–water partition coefficient (Wildman–Crippen LogP) is 2.94. The van der Waals surface area contributed by atoms with Crippen LogP contribution >= 0.6 is 0 Å². The summed E-state index contributed by atoms with van der Waals surface area (Å²) < 4.78 is 4.66. The van der Waals surface area contributed by atoms with Crippen LogP contribution < -0.4 is 10.6 Å². The number of carbonyl (C=O) groups is 1. The summed E-state index contributed by atoms with van der Waals surface area (Å²) in [4.78, 5) is 18.0. The molecule has 0 spiro atoms. The van der Waals surface area contributed by atoms with E-state index in [2.05, 4.69) is 62.5 Å². The second-order valence-electron chi connectivity index (χ2n) is 7.56. The first-order chi connectivity index (χ1) is 13.6. The van der Waals surface area contributed by atoms with Crippen molar-refractivity contribution in [3.05, 3.63) is 35.9 Å². The average Bonchev–Trinajstić information content (AvgIpc) is 2.72. The van der Waals surface area contributed by atoms with E-state index in [1.807, 2.05) is 7.05 Å². The third-order valence-corrected chi connectivity index (χ3v) is 5.38. The summed E-state index contributed by atoms with van der Waals surface area (Å²) >= 11 is 0. The number of unbranched alkanes of at least 4 members (excludes halogenated alkanes) is 2. The number of nitrogens with zero attached hydrogens (tertiary/aromatic N) is 2. The lowest BCUT2D eigenvalue weighted by Gasteiger charge is -2.38. The predicted molar refractivity (Wildman–Crippen MR) is 114 cm³/mol. The minimum absolute atomic E-state index is 0.127. The number of nitrogens with one attached hydrogen (secondary N) is 2. The Morgan fingerprint density at radius 1 is 1.25 bits per heavy atom. The highest BCUT2D eigenvalue weighted by Crippen LogP contribution is 2.19. The van der Waals surface area contributed by atoms with Gasteiger partial charge in [0.05, 0.1) is 7.11 Å². The number of ether oxygens (including phenoxy) is 1. The monoisotopic (exact) mass is 388 g/mol. The van der Waals surface area contributed by atoms with Crippen molar-refractivity contribution in [1.82, 2.24) is 15.5 Å². The lowest BCUT2D eigenvalue weighted by Crippen LogP contribution is -2.51. The van der Waals surface area contributed by atoms with Crippen LogP contribution in [-0.4, -0.2) is 56.2 Å². The Hall–Kier alpha value is -2.08. The third-order valence-electron chi connectivity index (χ3n) is 5.38. The van der Waals surface area contributed by atoms with Gasteiger partial charge in [-0.15, -0.1) is 0 Å². The molecule has 1 aliphatic heterocycles. The number of rotatable bonds is 9. The van der Waals surface area contributed by atoms with Crippen LogP contribution in [0.1, 0.15) is 51.0 Å². The second-order valence-corrected chi connectivity index (χ2v) is 7.56. The summed E-state index contributed by atoms with van der Waals surface area (Å²) in [5, 5.41) is 6.97. The minimum atomic E-state index is -0.127. The molecule has 0 aliphatic carbocycles. The van der Waals surface area contributed by atoms with Gasteiger partial charge in [-0.3, -0.25) is 14.7 Å². The van der Waals surface area contributed by atoms with Crippen LogP contribution in [0.15, 0.2) is 35.3 Å². The Morgan fingerprint density at radius 2 is 2.04 bits per heavy atom. The van der Waals surface area contributed by atoms with Gasteiger partial charge in [-0.2, -0.15) is 0 Å². The Labute approximate surface area is 169 Å². The van der Waals surface area contributed by atoms with Crippen molar-refractivity contribution >= 4 is 11.9 Å². The van der Waals surface area contributed by atoms with Gasteiger partial charge in [0.15, 0.2) is 5.96 Å². The van der Waals surface area contributed by atoms with Gasteiger partial charge in [0, 0.05) is 45.2 Å². The number of methoxy groups -OCH3 is 1. The van der Waals surface area contributed by atoms with Crippen molar-refractivity contribution in [2.45, 2.75) is 64.1 Å². The molecule has 1 aromatic carbocycles. The molecule has 2 unspecified atom stereocenters. The van der Waals surface area contributed by atoms with Crippen LogP contribution in [0.2, 0.25) is 0 Å². The summed E-state index contributed by atoms with van der Waals surface area (Å²) in [6.45, 7) is 5.29. The Bertz CT molecular complexity index is 606. The molecule has 0 radical (unpaired) electrons. The SMILES string of the molecule is CN=C(NCCCCCC(=O)OC)NC1CCN(Cc2ccccc2)C(C)C1. The largest absolute Gasteiger partial charge is 0.469 e. The molecule has 1 saturated heterocycles. The van der Waals surface area contributed by atoms with Crippen LogP contribution in [0, 0.1) is 0 Å². The van der Waals surface area contributed by atoms with Gasteiger partial charge in [-0.05, 0) is 38.2 Å². The quantitative estimate of drug-likeness (QED) is 0.295. The Morgan fingerprint density at radius 3 is 2.71 bits per heavy atom. The number of hydrogen-bond acceptors (Lipinski definition) is 4. The zero-order chi connectivity index (χ0) is 20.2. The lowest BCUT2D eigenvalue weighted by atomic mass is 9.97. The molecule has 28 heavy (non-hydrogen) atoms. The van der Waals surface area contributed by atoms with E-state index in [4.69, 9.17) is 0 Å². The maximum Gasteiger partial charge on any atom is 0.305 e. The molecule has 6 nitrogen and oxygen atoms in total. The fraction of sp³-hybridized carbons (Fsp3) is 0.636. The van der Waals surface area contributed by atoms with Crippen LogP contribution in [-0.2, 0) is 16.1 Å². The molecule has 6 heteroatoms. The molecular formula is C22H36N4O2. The number of carbonyl (C=O) groups excluding carboxylic acids is 1. The summed E-state index contributed by atoms with van der Waals surface area (Å²) in [5.74, 6) is 0.750. The number of hydrogen-bond donors (Lipinski definition) is 2. The van der Waals surface area contributed by atoms with E-state index >= 15 is 0 Å². The number of guanidine groups is 1. The van der Waals surface area contributed by atoms with Gasteiger partial charge in [0.2, 0.25) is 0 Å². The zero-order valence-corrected chi connectivity index (χ0v) is 17.6. The Balaban J connectivity index is 1.65. The first-order valence-corrected chi connectivity index (χ1v) is 10.4. The highest BCUT2D eigenvalue weighted by molar-refractivity contribution is 5.79. The third kappa shape index (κ3) is 7.89. The molecule has 0 saturated carbocycles. The van der Waals surface area contributed by atoms with Crippen molar-refractivity contribution in [1.29, 1.82) is 0 Å². The summed E-state index contributed by atoms with van der Waals surface area (Å²) in [6.07, 6.45) is 5.64. The lowest BCUT2D eigenvalue weighted by molar-refractivity contribution is -0.140. The van der Waals surface area contributed by atoms with Gasteiger partial charge in [-0.1, -0.05) is 36.8 Å². The summed E-state index contributed by atoms with van der Waals surface area (Å²) in [6, 6.07) is 11.7. The van der Waals surface area contributed by atoms with E-state index < -0.39 is 0 Å². The molecule has 0 aromatic heterocycles. The van der Waals surface area contributed by atoms with E-state index in [1.54, 1.807) is 0 Å². The molecule has 2 atom stereocenters. The number of piperidine rings is 1. The molecule has 1 aliphatic rings. The highest BCUT2D eigenvalue weighted by atomic mass is 16.5. The molecule has 1 aromatic rings. The normalized spacial score (nSPS) is 20.6. The molecule has 2 rings (SSSR count). The fourth-order valence-corrected chi connectivity index (χ4v) is 3.67. The van der Waals surface area contributed by atoms with Crippen LogP contribution in [0.4, 0.5) is 0 Å². The molecule has 0 amide bonds. The topological polar surface area (TPSA) is 66.0 Å². The van der Waals surface area contributed by atoms with E-state index in [1.165, 1.54) is 12.7 Å². The van der Waals surface area contributed by atoms with Crippen molar-refractivity contribution < 1.29 is 9.53 Å². The van der Waals surface area contributed by atoms with Gasteiger partial charge >= 0.3 is 5.97 Å². The first kappa shape index (κ1) is 22.2. The van der Waals surface area contributed by atoms with Crippen molar-refractivity contribution in [2.24, 2.45) is 4.99 Å². The van der Waals surface area contributed by atoms with Gasteiger partial charge in [0.1, 0.15) is 0 Å². The standard InChI is InChI=1S/C22H36N4O2/c1-18-16-20(13-15-26(18)17-19-10-6-4-7-11-19)25-22(23-2)24-14-9-5-8-12-21(27)28-3/h4,6-7,10-11,18,20H,5,8-9,12-17H2,1-3H3,(H2,23,24,25). The zero-order valence-electron chi connectivity index (χ0n) is 17.6. The second kappa shape index (κ2) is 12.4. The number of aliphatic imine (C=N–C) groups is 1. The molecule has 156 valence electrons. The maximum absolute atomic E-state index is 11.1. The van der Waals surface area contributed by atoms with Crippen LogP contribution in [0.3, 0.4) is 0 Å². The summed E-state index contributed by atoms with van der Waals surface area (Å²) in [5.41, 5.74) is 1.38. The number of likely N-dealkylation sites (tertiary alicyclic amines) is 1. The van der Waals surface area contributed by atoms with E-state index in [-0.39, 0.29) is 5.97 Å². The van der Waals surface area contributed by atoms with E-state index in [0.29, 0.717) is 18.5 Å². The van der Waals surface area contributed by atoms with E-state index in [0.717, 1.165) is 57.7 Å². The minimum Gasteiger partial charge on any atom is -0.469 e. The van der Waals surface area contributed by atoms with Crippen molar-refractivity contribution in [3.63, 3.8) is 0 Å². The molecule has 0 bridgehead atoms. The van der Waals surface area contributed by atoms with Gasteiger partial charge < -0.3 is 15.4 Å². The van der Waals surface area contributed by atoms with Crippen molar-refractivity contribution in [2.75, 3.05) is 27.2 Å². The molecule has 2 N–H and O–H groups in total. The van der Waals surface area contributed by atoms with Crippen molar-refractivity contribution in [3.8, 4) is 0 Å². The average molecular weight is 389 g/mol. The highest BCUT2D eigenvalue weighted by Gasteiger charge is 2.25. The maximum atomic E-state index is 11.1. The van der Waals surface area contributed by atoms with E-state index in [9.17, 15) is 4.79 Å². The fourth-order valence-electron chi connectivity index (χ4n) is 3.67. The van der Waals surface area contributed by atoms with Crippen LogP contribution in [0.5, 0.6) is 0 Å². The molecule has 1 fully saturated rings. The first-order valence-electron chi connectivity index (χ1n) is 10.4. The smallest absolute Gasteiger partial charge is 0.305 e. The Kier molecular flexibility index (Phi) is 9.83. The molecular weight excluding hydrogens is 352 g/mol. The molecule has 1 heterocycles. The van der Waals surface area contributed by atoms with Gasteiger partial charge in [0.25, 0.3) is 0 Å². The van der Waals surface area contributed by atoms with Gasteiger partial charge in [-0.25, -0.2) is 0 Å². The summed E-state index contributed by atoms with van der Waals surface area (Å²) in [7, 11) is 3.26. The number of esters is 1. The van der Waals surface area contributed by atoms with Crippen LogP contribution in [0.25, 0.3) is 0 Å².